The maximum atomic E-state index is 13.3. The molecule has 2 unspecified atom stereocenters. The van der Waals surface area contributed by atoms with Gasteiger partial charge in [0.1, 0.15) is 5.82 Å². The van der Waals surface area contributed by atoms with Gasteiger partial charge in [0.15, 0.2) is 0 Å². The van der Waals surface area contributed by atoms with E-state index in [1.807, 2.05) is 6.92 Å². The van der Waals surface area contributed by atoms with Gasteiger partial charge in [-0.1, -0.05) is 26.8 Å². The summed E-state index contributed by atoms with van der Waals surface area (Å²) >= 11 is 0. The third-order valence-electron chi connectivity index (χ3n) is 2.94. The predicted octanol–water partition coefficient (Wildman–Crippen LogP) is 3.62. The lowest BCUT2D eigenvalue weighted by molar-refractivity contribution is 0.438. The average molecular weight is 223 g/mol. The smallest absolute Gasteiger partial charge is 0.123 e. The van der Waals surface area contributed by atoms with Crippen molar-refractivity contribution in [3.63, 3.8) is 0 Å². The van der Waals surface area contributed by atoms with Crippen LogP contribution in [0, 0.1) is 12.7 Å². The summed E-state index contributed by atoms with van der Waals surface area (Å²) in [4.78, 5) is 0. The largest absolute Gasteiger partial charge is 0.311 e. The van der Waals surface area contributed by atoms with E-state index in [1.54, 1.807) is 12.1 Å². The van der Waals surface area contributed by atoms with Crippen LogP contribution >= 0.6 is 0 Å². The Bertz CT molecular complexity index is 326. The van der Waals surface area contributed by atoms with Gasteiger partial charge in [-0.25, -0.2) is 4.39 Å². The van der Waals surface area contributed by atoms with Crippen LogP contribution in [-0.2, 0) is 0 Å². The lowest BCUT2D eigenvalue weighted by atomic mass is 9.93. The van der Waals surface area contributed by atoms with Gasteiger partial charge in [-0.15, -0.1) is 0 Å². The Morgan fingerprint density at radius 1 is 1.06 bits per heavy atom. The molecule has 1 nitrogen and oxygen atoms in total. The first-order valence-corrected chi connectivity index (χ1v) is 5.93. The Hall–Kier alpha value is -0.890. The van der Waals surface area contributed by atoms with Gasteiger partial charge in [-0.05, 0) is 43.0 Å². The minimum absolute atomic E-state index is 0.140. The second kappa shape index (κ2) is 5.44. The molecule has 1 rings (SSSR count). The first-order chi connectivity index (χ1) is 7.40. The molecule has 0 aliphatic rings. The van der Waals surface area contributed by atoms with Crippen molar-refractivity contribution in [2.24, 2.45) is 0 Å². The van der Waals surface area contributed by atoms with Crippen molar-refractivity contribution in [2.45, 2.75) is 52.6 Å². The number of rotatable bonds is 4. The molecule has 0 aliphatic carbocycles. The normalized spacial score (nSPS) is 15.2. The molecule has 1 aromatic rings. The summed E-state index contributed by atoms with van der Waals surface area (Å²) in [5.74, 6) is 0.176. The highest BCUT2D eigenvalue weighted by Gasteiger charge is 2.15. The average Bonchev–Trinajstić information content (AvgIpc) is 2.13. The van der Waals surface area contributed by atoms with E-state index < -0.39 is 0 Å². The summed E-state index contributed by atoms with van der Waals surface area (Å²) in [5, 5.41) is 3.46. The van der Waals surface area contributed by atoms with Crippen molar-refractivity contribution in [3.05, 3.63) is 35.1 Å². The molecular formula is C14H22FN. The molecule has 0 saturated heterocycles. The second-order valence-corrected chi connectivity index (χ2v) is 4.96. The number of nitrogens with one attached hydrogen (secondary N) is 1. The lowest BCUT2D eigenvalue weighted by Gasteiger charge is -2.24. The SMILES string of the molecule is Cc1cc(F)cc(C(C)C(C)NC(C)C)c1. The van der Waals surface area contributed by atoms with Crippen LogP contribution in [-0.4, -0.2) is 12.1 Å². The first-order valence-electron chi connectivity index (χ1n) is 5.93. The minimum atomic E-state index is -0.140. The van der Waals surface area contributed by atoms with E-state index in [4.69, 9.17) is 0 Å². The third kappa shape index (κ3) is 3.60. The van der Waals surface area contributed by atoms with Gasteiger partial charge < -0.3 is 5.32 Å². The highest BCUT2D eigenvalue weighted by Crippen LogP contribution is 2.21. The molecular weight excluding hydrogens is 201 g/mol. The molecule has 0 heterocycles. The van der Waals surface area contributed by atoms with Crippen molar-refractivity contribution in [1.29, 1.82) is 0 Å². The summed E-state index contributed by atoms with van der Waals surface area (Å²) in [6.07, 6.45) is 0. The van der Waals surface area contributed by atoms with Gasteiger partial charge in [0.05, 0.1) is 0 Å². The molecule has 0 saturated carbocycles. The Morgan fingerprint density at radius 2 is 1.69 bits per heavy atom. The Balaban J connectivity index is 2.82. The fourth-order valence-corrected chi connectivity index (χ4v) is 1.99. The molecule has 0 radical (unpaired) electrons. The molecule has 1 N–H and O–H groups in total. The van der Waals surface area contributed by atoms with Gasteiger partial charge in [-0.3, -0.25) is 0 Å². The van der Waals surface area contributed by atoms with Crippen LogP contribution in [0.4, 0.5) is 4.39 Å². The van der Waals surface area contributed by atoms with Crippen LogP contribution in [0.2, 0.25) is 0 Å². The van der Waals surface area contributed by atoms with E-state index in [0.29, 0.717) is 18.0 Å². The second-order valence-electron chi connectivity index (χ2n) is 4.96. The summed E-state index contributed by atoms with van der Waals surface area (Å²) in [6.45, 7) is 10.5. The van der Waals surface area contributed by atoms with Crippen LogP contribution in [0.3, 0.4) is 0 Å². The molecule has 90 valence electrons. The zero-order valence-corrected chi connectivity index (χ0v) is 10.8. The Morgan fingerprint density at radius 3 is 2.19 bits per heavy atom. The number of benzene rings is 1. The van der Waals surface area contributed by atoms with Gasteiger partial charge in [0.25, 0.3) is 0 Å². The van der Waals surface area contributed by atoms with Gasteiger partial charge in [-0.2, -0.15) is 0 Å². The van der Waals surface area contributed by atoms with Crippen molar-refractivity contribution < 1.29 is 4.39 Å². The number of aryl methyl sites for hydroxylation is 1. The van der Waals surface area contributed by atoms with Crippen molar-refractivity contribution >= 4 is 0 Å². The topological polar surface area (TPSA) is 12.0 Å². The van der Waals surface area contributed by atoms with E-state index >= 15 is 0 Å². The summed E-state index contributed by atoms with van der Waals surface area (Å²) in [7, 11) is 0. The molecule has 1 aromatic carbocycles. The van der Waals surface area contributed by atoms with Crippen molar-refractivity contribution in [3.8, 4) is 0 Å². The Labute approximate surface area is 98.1 Å². The quantitative estimate of drug-likeness (QED) is 0.822. The molecule has 0 spiro atoms. The van der Waals surface area contributed by atoms with Crippen LogP contribution in [0.15, 0.2) is 18.2 Å². The number of halogens is 1. The number of hydrogen-bond acceptors (Lipinski definition) is 1. The maximum absolute atomic E-state index is 13.3. The highest BCUT2D eigenvalue weighted by molar-refractivity contribution is 5.27. The molecule has 0 aliphatic heterocycles. The van der Waals surface area contributed by atoms with Gasteiger partial charge >= 0.3 is 0 Å². The monoisotopic (exact) mass is 223 g/mol. The van der Waals surface area contributed by atoms with Crippen molar-refractivity contribution in [2.75, 3.05) is 0 Å². The van der Waals surface area contributed by atoms with Crippen LogP contribution in [0.5, 0.6) is 0 Å². The zero-order chi connectivity index (χ0) is 12.3. The molecule has 0 bridgehead atoms. The third-order valence-corrected chi connectivity index (χ3v) is 2.94. The molecule has 2 atom stereocenters. The summed E-state index contributed by atoms with van der Waals surface area (Å²) < 4.78 is 13.3. The minimum Gasteiger partial charge on any atom is -0.311 e. The molecule has 2 heteroatoms. The maximum Gasteiger partial charge on any atom is 0.123 e. The first kappa shape index (κ1) is 13.2. The zero-order valence-electron chi connectivity index (χ0n) is 10.8. The molecule has 0 fully saturated rings. The van der Waals surface area contributed by atoms with Crippen LogP contribution < -0.4 is 5.32 Å². The van der Waals surface area contributed by atoms with Crippen LogP contribution in [0.25, 0.3) is 0 Å². The predicted molar refractivity (Wildman–Crippen MR) is 67.3 cm³/mol. The van der Waals surface area contributed by atoms with E-state index in [2.05, 4.69) is 39.1 Å². The van der Waals surface area contributed by atoms with Gasteiger partial charge in [0.2, 0.25) is 0 Å². The van der Waals surface area contributed by atoms with Crippen molar-refractivity contribution in [1.82, 2.24) is 5.32 Å². The van der Waals surface area contributed by atoms with E-state index in [1.165, 1.54) is 0 Å². The highest BCUT2D eigenvalue weighted by atomic mass is 19.1. The van der Waals surface area contributed by atoms with Crippen LogP contribution in [0.1, 0.15) is 44.7 Å². The lowest BCUT2D eigenvalue weighted by Crippen LogP contribution is -2.36. The summed E-state index contributed by atoms with van der Waals surface area (Å²) in [5.41, 5.74) is 2.05. The molecule has 0 aromatic heterocycles. The molecule has 0 amide bonds. The van der Waals surface area contributed by atoms with E-state index in [0.717, 1.165) is 11.1 Å². The van der Waals surface area contributed by atoms with Gasteiger partial charge in [0, 0.05) is 12.1 Å². The molecule has 16 heavy (non-hydrogen) atoms. The van der Waals surface area contributed by atoms with E-state index in [-0.39, 0.29) is 5.82 Å². The number of hydrogen-bond donors (Lipinski definition) is 1. The fraction of sp³-hybridized carbons (Fsp3) is 0.571. The fourth-order valence-electron chi connectivity index (χ4n) is 1.99. The Kier molecular flexibility index (Phi) is 4.48. The standard InChI is InChI=1S/C14H22FN/c1-9(2)16-12(5)11(4)13-6-10(3)7-14(15)8-13/h6-9,11-12,16H,1-5H3. The summed E-state index contributed by atoms with van der Waals surface area (Å²) in [6, 6.07) is 6.06. The van der Waals surface area contributed by atoms with E-state index in [9.17, 15) is 4.39 Å².